The van der Waals surface area contributed by atoms with E-state index in [4.69, 9.17) is 10.5 Å². The molecule has 1 aromatic carbocycles. The van der Waals surface area contributed by atoms with E-state index in [0.29, 0.717) is 31.6 Å². The predicted octanol–water partition coefficient (Wildman–Crippen LogP) is 1.47. The van der Waals surface area contributed by atoms with Gasteiger partial charge in [0.1, 0.15) is 0 Å². The Labute approximate surface area is 116 Å². The maximum atomic E-state index is 11.9. The second kappa shape index (κ2) is 6.35. The lowest BCUT2D eigenvalue weighted by Gasteiger charge is -2.16. The lowest BCUT2D eigenvalue weighted by Crippen LogP contribution is -2.25. The van der Waals surface area contributed by atoms with Crippen molar-refractivity contribution in [1.82, 2.24) is 5.01 Å². The van der Waals surface area contributed by atoms with Gasteiger partial charge in [0.25, 0.3) is 5.91 Å². The molecule has 6 nitrogen and oxygen atoms in total. The standard InChI is InChI=1S/C14H13N5O/c15-7-3-9-19(10-4-8-16)18-13-11-5-1-2-6-12(11)17-14(13)20/h1-2,5-6H,3-4,9-10H2,(H,17,18,20). The quantitative estimate of drug-likeness (QED) is 0.817. The SMILES string of the molecule is N#CCCN(CCC#N)/N=C1\C(=O)Nc2ccccc21. The molecule has 0 bridgehead atoms. The molecule has 0 atom stereocenters. The molecule has 100 valence electrons. The number of nitriles is 2. The van der Waals surface area contributed by atoms with Gasteiger partial charge in [-0.25, -0.2) is 0 Å². The van der Waals surface area contributed by atoms with Crippen LogP contribution in [0.25, 0.3) is 0 Å². The molecular weight excluding hydrogens is 254 g/mol. The van der Waals surface area contributed by atoms with Crippen LogP contribution in [0.3, 0.4) is 0 Å². The van der Waals surface area contributed by atoms with Crippen molar-refractivity contribution >= 4 is 17.3 Å². The third-order valence-electron chi connectivity index (χ3n) is 2.85. The molecule has 0 saturated carbocycles. The van der Waals surface area contributed by atoms with Crippen molar-refractivity contribution in [1.29, 1.82) is 10.5 Å². The number of para-hydroxylation sites is 1. The van der Waals surface area contributed by atoms with E-state index in [9.17, 15) is 4.79 Å². The van der Waals surface area contributed by atoms with Crippen LogP contribution in [-0.4, -0.2) is 29.7 Å². The molecule has 0 unspecified atom stereocenters. The lowest BCUT2D eigenvalue weighted by molar-refractivity contribution is -0.110. The number of fused-ring (bicyclic) bond motifs is 1. The van der Waals surface area contributed by atoms with Crippen molar-refractivity contribution in [2.75, 3.05) is 18.4 Å². The van der Waals surface area contributed by atoms with Crippen LogP contribution in [0.1, 0.15) is 18.4 Å². The summed E-state index contributed by atoms with van der Waals surface area (Å²) in [5, 5.41) is 25.9. The molecule has 1 heterocycles. The van der Waals surface area contributed by atoms with Gasteiger partial charge in [0.2, 0.25) is 0 Å². The highest BCUT2D eigenvalue weighted by Gasteiger charge is 2.26. The molecule has 0 fully saturated rings. The molecular formula is C14H13N5O. The molecule has 6 heteroatoms. The summed E-state index contributed by atoms with van der Waals surface area (Å²) in [5.41, 5.74) is 1.81. The van der Waals surface area contributed by atoms with E-state index in [1.54, 1.807) is 5.01 Å². The number of hydrogen-bond donors (Lipinski definition) is 1. The van der Waals surface area contributed by atoms with Gasteiger partial charge in [-0.15, -0.1) is 0 Å². The summed E-state index contributed by atoms with van der Waals surface area (Å²) < 4.78 is 0. The number of hydrogen-bond acceptors (Lipinski definition) is 5. The molecule has 1 aromatic rings. The fraction of sp³-hybridized carbons (Fsp3) is 0.286. The molecule has 1 aliphatic rings. The van der Waals surface area contributed by atoms with E-state index < -0.39 is 0 Å². The Morgan fingerprint density at radius 2 is 1.80 bits per heavy atom. The number of nitrogens with one attached hydrogen (secondary N) is 1. The fourth-order valence-electron chi connectivity index (χ4n) is 1.91. The van der Waals surface area contributed by atoms with Crippen molar-refractivity contribution in [3.8, 4) is 12.1 Å². The zero-order valence-corrected chi connectivity index (χ0v) is 10.8. The van der Waals surface area contributed by atoms with Crippen LogP contribution < -0.4 is 5.32 Å². The van der Waals surface area contributed by atoms with Gasteiger partial charge in [-0.3, -0.25) is 9.80 Å². The first-order valence-corrected chi connectivity index (χ1v) is 6.24. The summed E-state index contributed by atoms with van der Waals surface area (Å²) in [6, 6.07) is 11.4. The Morgan fingerprint density at radius 3 is 2.45 bits per heavy atom. The number of rotatable bonds is 5. The number of carbonyl (C=O) groups is 1. The topological polar surface area (TPSA) is 92.3 Å². The molecule has 0 radical (unpaired) electrons. The molecule has 1 amide bonds. The zero-order chi connectivity index (χ0) is 14.4. The fourth-order valence-corrected chi connectivity index (χ4v) is 1.91. The molecule has 0 saturated heterocycles. The van der Waals surface area contributed by atoms with E-state index in [-0.39, 0.29) is 5.91 Å². The Kier molecular flexibility index (Phi) is 4.31. The third-order valence-corrected chi connectivity index (χ3v) is 2.85. The minimum atomic E-state index is -0.259. The molecule has 2 rings (SSSR count). The summed E-state index contributed by atoms with van der Waals surface area (Å²) in [4.78, 5) is 11.9. The van der Waals surface area contributed by atoms with Crippen molar-refractivity contribution in [3.63, 3.8) is 0 Å². The molecule has 1 aliphatic heterocycles. The van der Waals surface area contributed by atoms with E-state index >= 15 is 0 Å². The largest absolute Gasteiger partial charge is 0.320 e. The van der Waals surface area contributed by atoms with Crippen molar-refractivity contribution in [2.24, 2.45) is 5.10 Å². The van der Waals surface area contributed by atoms with E-state index in [0.717, 1.165) is 11.3 Å². The highest BCUT2D eigenvalue weighted by atomic mass is 16.2. The van der Waals surface area contributed by atoms with Gasteiger partial charge in [-0.2, -0.15) is 15.6 Å². The van der Waals surface area contributed by atoms with Gasteiger partial charge in [0.15, 0.2) is 5.71 Å². The second-order valence-electron chi connectivity index (χ2n) is 4.22. The lowest BCUT2D eigenvalue weighted by atomic mass is 10.1. The minimum Gasteiger partial charge on any atom is -0.320 e. The van der Waals surface area contributed by atoms with Crippen LogP contribution >= 0.6 is 0 Å². The molecule has 0 aromatic heterocycles. The monoisotopic (exact) mass is 267 g/mol. The van der Waals surface area contributed by atoms with Gasteiger partial charge < -0.3 is 5.32 Å². The maximum Gasteiger partial charge on any atom is 0.276 e. The third kappa shape index (κ3) is 2.93. The Morgan fingerprint density at radius 1 is 1.15 bits per heavy atom. The van der Waals surface area contributed by atoms with Crippen LogP contribution in [0.4, 0.5) is 5.69 Å². The summed E-state index contributed by atoms with van der Waals surface area (Å²) >= 11 is 0. The number of carbonyl (C=O) groups excluding carboxylic acids is 1. The molecule has 20 heavy (non-hydrogen) atoms. The van der Waals surface area contributed by atoms with E-state index in [1.807, 2.05) is 36.4 Å². The smallest absolute Gasteiger partial charge is 0.276 e. The van der Waals surface area contributed by atoms with E-state index in [2.05, 4.69) is 10.4 Å². The van der Waals surface area contributed by atoms with Crippen LogP contribution in [-0.2, 0) is 4.79 Å². The van der Waals surface area contributed by atoms with Crippen LogP contribution in [0.2, 0.25) is 0 Å². The first-order valence-electron chi connectivity index (χ1n) is 6.24. The van der Waals surface area contributed by atoms with Crippen molar-refractivity contribution < 1.29 is 4.79 Å². The second-order valence-corrected chi connectivity index (χ2v) is 4.22. The highest BCUT2D eigenvalue weighted by molar-refractivity contribution is 6.53. The number of nitrogens with zero attached hydrogens (tertiary/aromatic N) is 4. The van der Waals surface area contributed by atoms with Crippen molar-refractivity contribution in [2.45, 2.75) is 12.8 Å². The van der Waals surface area contributed by atoms with Crippen LogP contribution in [0.5, 0.6) is 0 Å². The predicted molar refractivity (Wildman–Crippen MR) is 73.6 cm³/mol. The maximum absolute atomic E-state index is 11.9. The number of anilines is 1. The summed E-state index contributed by atoms with van der Waals surface area (Å²) in [5.74, 6) is -0.259. The Bertz CT molecular complexity index is 605. The summed E-state index contributed by atoms with van der Waals surface area (Å²) in [6.45, 7) is 0.800. The average molecular weight is 267 g/mol. The number of benzene rings is 1. The van der Waals surface area contributed by atoms with E-state index in [1.165, 1.54) is 0 Å². The zero-order valence-electron chi connectivity index (χ0n) is 10.8. The normalized spacial score (nSPS) is 14.3. The first kappa shape index (κ1) is 13.6. The van der Waals surface area contributed by atoms with Gasteiger partial charge in [-0.1, -0.05) is 18.2 Å². The van der Waals surface area contributed by atoms with Crippen molar-refractivity contribution in [3.05, 3.63) is 29.8 Å². The van der Waals surface area contributed by atoms with Gasteiger partial charge in [0.05, 0.1) is 30.7 Å². The number of amides is 1. The summed E-state index contributed by atoms with van der Waals surface area (Å²) in [6.07, 6.45) is 0.594. The average Bonchev–Trinajstić information content (AvgIpc) is 2.78. The molecule has 1 N–H and O–H groups in total. The van der Waals surface area contributed by atoms with Gasteiger partial charge >= 0.3 is 0 Å². The minimum absolute atomic E-state index is 0.259. The molecule has 0 aliphatic carbocycles. The number of hydrazone groups is 1. The first-order chi connectivity index (χ1) is 9.76. The Hall–Kier alpha value is -2.86. The van der Waals surface area contributed by atoms with Gasteiger partial charge in [-0.05, 0) is 6.07 Å². The van der Waals surface area contributed by atoms with Crippen LogP contribution in [0, 0.1) is 22.7 Å². The van der Waals surface area contributed by atoms with Gasteiger partial charge in [0, 0.05) is 18.7 Å². The highest BCUT2D eigenvalue weighted by Crippen LogP contribution is 2.23. The molecule has 0 spiro atoms. The van der Waals surface area contributed by atoms with Crippen LogP contribution in [0.15, 0.2) is 29.4 Å². The Balaban J connectivity index is 2.24. The summed E-state index contributed by atoms with van der Waals surface area (Å²) in [7, 11) is 0.